The zero-order valence-corrected chi connectivity index (χ0v) is 23.5. The molecule has 1 aromatic heterocycles. The SMILES string of the molecule is CCCC(NC(=O)c1ccc(-c2cc(Cl)ccc2-c2nc3ccc(OC(F)(F)F)cc3[nH]2)c(C(=O)O)c1)c1ccccc1. The Hall–Kier alpha value is -4.83. The highest BCUT2D eigenvalue weighted by atomic mass is 35.5. The Bertz CT molecular complexity index is 1810. The van der Waals surface area contributed by atoms with E-state index >= 15 is 0 Å². The van der Waals surface area contributed by atoms with Crippen molar-refractivity contribution in [2.75, 3.05) is 0 Å². The summed E-state index contributed by atoms with van der Waals surface area (Å²) in [5.41, 5.74) is 2.75. The molecule has 0 bridgehead atoms. The van der Waals surface area contributed by atoms with Gasteiger partial charge in [-0.05, 0) is 65.6 Å². The van der Waals surface area contributed by atoms with E-state index in [1.807, 2.05) is 37.3 Å². The van der Waals surface area contributed by atoms with Crippen LogP contribution in [0.2, 0.25) is 5.02 Å². The Balaban J connectivity index is 1.52. The van der Waals surface area contributed by atoms with Gasteiger partial charge in [-0.3, -0.25) is 4.79 Å². The molecule has 0 aliphatic rings. The number of nitrogens with one attached hydrogen (secondary N) is 2. The van der Waals surface area contributed by atoms with Crippen molar-refractivity contribution in [3.8, 4) is 28.3 Å². The molecule has 11 heteroatoms. The van der Waals surface area contributed by atoms with Crippen LogP contribution >= 0.6 is 11.6 Å². The number of imidazole rings is 1. The van der Waals surface area contributed by atoms with Crippen molar-refractivity contribution in [1.29, 1.82) is 0 Å². The third-order valence-electron chi connectivity index (χ3n) is 6.81. The average molecular weight is 608 g/mol. The summed E-state index contributed by atoms with van der Waals surface area (Å²) in [6.07, 6.45) is -3.32. The second kappa shape index (κ2) is 12.2. The number of hydrogen-bond donors (Lipinski definition) is 3. The quantitative estimate of drug-likeness (QED) is 0.156. The van der Waals surface area contributed by atoms with Gasteiger partial charge in [0.1, 0.15) is 11.6 Å². The number of alkyl halides is 3. The number of aromatic amines is 1. The largest absolute Gasteiger partial charge is 0.573 e. The second-order valence-corrected chi connectivity index (χ2v) is 10.2. The van der Waals surface area contributed by atoms with E-state index in [1.54, 1.807) is 18.2 Å². The van der Waals surface area contributed by atoms with Crippen LogP contribution in [-0.4, -0.2) is 33.3 Å². The van der Waals surface area contributed by atoms with Gasteiger partial charge in [-0.15, -0.1) is 13.2 Å². The fraction of sp³-hybridized carbons (Fsp3) is 0.156. The van der Waals surface area contributed by atoms with Crippen molar-refractivity contribution in [2.24, 2.45) is 0 Å². The van der Waals surface area contributed by atoms with Gasteiger partial charge in [-0.25, -0.2) is 9.78 Å². The maximum Gasteiger partial charge on any atom is 0.573 e. The summed E-state index contributed by atoms with van der Waals surface area (Å²) >= 11 is 6.31. The number of amides is 1. The molecular formula is C32H25ClF3N3O4. The number of aromatic carboxylic acids is 1. The minimum Gasteiger partial charge on any atom is -0.478 e. The molecule has 1 amide bonds. The number of carbonyl (C=O) groups is 2. The lowest BCUT2D eigenvalue weighted by molar-refractivity contribution is -0.274. The van der Waals surface area contributed by atoms with E-state index in [0.29, 0.717) is 28.1 Å². The molecule has 5 rings (SSSR count). The van der Waals surface area contributed by atoms with E-state index in [2.05, 4.69) is 20.0 Å². The van der Waals surface area contributed by atoms with Crippen molar-refractivity contribution in [1.82, 2.24) is 15.3 Å². The van der Waals surface area contributed by atoms with Crippen LogP contribution in [0.4, 0.5) is 13.2 Å². The zero-order chi connectivity index (χ0) is 30.7. The predicted molar refractivity (Wildman–Crippen MR) is 157 cm³/mol. The number of carbonyl (C=O) groups excluding carboxylic acids is 1. The lowest BCUT2D eigenvalue weighted by Gasteiger charge is -2.19. The molecule has 1 heterocycles. The molecule has 0 saturated heterocycles. The number of benzene rings is 4. The molecule has 0 aliphatic heterocycles. The number of carboxylic acid groups (broad SMARTS) is 1. The molecule has 0 aliphatic carbocycles. The zero-order valence-electron chi connectivity index (χ0n) is 22.7. The Morgan fingerprint density at radius 2 is 1.72 bits per heavy atom. The highest BCUT2D eigenvalue weighted by Crippen LogP contribution is 2.37. The average Bonchev–Trinajstić information content (AvgIpc) is 3.39. The fourth-order valence-corrected chi connectivity index (χ4v) is 5.07. The molecule has 0 saturated carbocycles. The molecule has 0 spiro atoms. The smallest absolute Gasteiger partial charge is 0.478 e. The summed E-state index contributed by atoms with van der Waals surface area (Å²) in [5.74, 6) is -1.82. The Morgan fingerprint density at radius 3 is 2.42 bits per heavy atom. The van der Waals surface area contributed by atoms with Crippen LogP contribution in [0.3, 0.4) is 0 Å². The highest BCUT2D eigenvalue weighted by Gasteiger charge is 2.31. The monoisotopic (exact) mass is 607 g/mol. The predicted octanol–water partition coefficient (Wildman–Crippen LogP) is 8.42. The third-order valence-corrected chi connectivity index (χ3v) is 7.05. The van der Waals surface area contributed by atoms with Crippen LogP contribution in [0.1, 0.15) is 52.1 Å². The molecular weight excluding hydrogens is 583 g/mol. The molecule has 43 heavy (non-hydrogen) atoms. The topological polar surface area (TPSA) is 104 Å². The van der Waals surface area contributed by atoms with Crippen molar-refractivity contribution in [3.05, 3.63) is 107 Å². The summed E-state index contributed by atoms with van der Waals surface area (Å²) in [6.45, 7) is 2.01. The number of fused-ring (bicyclic) bond motifs is 1. The first kappa shape index (κ1) is 29.7. The van der Waals surface area contributed by atoms with Crippen LogP contribution in [-0.2, 0) is 0 Å². The van der Waals surface area contributed by atoms with Gasteiger partial charge in [0.05, 0.1) is 22.6 Å². The Labute approximate surface area is 249 Å². The third kappa shape index (κ3) is 6.81. The number of nitrogens with zero attached hydrogens (tertiary/aromatic N) is 1. The van der Waals surface area contributed by atoms with Gasteiger partial charge in [-0.2, -0.15) is 0 Å². The molecule has 3 N–H and O–H groups in total. The molecule has 1 unspecified atom stereocenters. The van der Waals surface area contributed by atoms with Crippen LogP contribution in [0.5, 0.6) is 5.75 Å². The highest BCUT2D eigenvalue weighted by molar-refractivity contribution is 6.31. The van der Waals surface area contributed by atoms with Gasteiger partial charge >= 0.3 is 12.3 Å². The summed E-state index contributed by atoms with van der Waals surface area (Å²) in [6, 6.07) is 22.1. The number of ether oxygens (including phenoxy) is 1. The molecule has 4 aromatic carbocycles. The fourth-order valence-electron chi connectivity index (χ4n) is 4.89. The van der Waals surface area contributed by atoms with Gasteiger partial charge in [0.25, 0.3) is 5.91 Å². The van der Waals surface area contributed by atoms with Crippen LogP contribution < -0.4 is 10.1 Å². The summed E-state index contributed by atoms with van der Waals surface area (Å²) in [4.78, 5) is 33.2. The summed E-state index contributed by atoms with van der Waals surface area (Å²) in [5, 5.41) is 13.5. The van der Waals surface area contributed by atoms with Crippen LogP contribution in [0.15, 0.2) is 84.9 Å². The van der Waals surface area contributed by atoms with Gasteiger partial charge in [0.2, 0.25) is 0 Å². The number of halogens is 4. The minimum absolute atomic E-state index is 0.139. The van der Waals surface area contributed by atoms with Gasteiger partial charge in [0, 0.05) is 22.2 Å². The Morgan fingerprint density at radius 1 is 0.977 bits per heavy atom. The first-order valence-corrected chi connectivity index (χ1v) is 13.7. The van der Waals surface area contributed by atoms with Crippen LogP contribution in [0, 0.1) is 0 Å². The molecule has 220 valence electrons. The summed E-state index contributed by atoms with van der Waals surface area (Å²) in [7, 11) is 0. The number of hydrogen-bond acceptors (Lipinski definition) is 4. The van der Waals surface area contributed by atoms with E-state index in [0.717, 1.165) is 18.1 Å². The van der Waals surface area contributed by atoms with Gasteiger partial charge in [0.15, 0.2) is 0 Å². The first-order chi connectivity index (χ1) is 20.5. The standard InChI is InChI=1S/C32H25ClF3N3O4/c1-2-6-26(18-7-4-3-5-8-18)39-30(40)19-9-12-22(25(15-19)31(41)42)24-16-20(33)10-13-23(24)29-37-27-14-11-21(17-28(27)38-29)43-32(34,35)36/h3-5,7-17,26H,2,6H2,1H3,(H,37,38)(H,39,40)(H,41,42). The lowest BCUT2D eigenvalue weighted by atomic mass is 9.93. The van der Waals surface area contributed by atoms with Gasteiger partial charge < -0.3 is 20.1 Å². The number of aromatic nitrogens is 2. The maximum atomic E-state index is 13.3. The number of carboxylic acids is 1. The van der Waals surface area contributed by atoms with Crippen molar-refractivity contribution in [2.45, 2.75) is 32.2 Å². The van der Waals surface area contributed by atoms with Crippen molar-refractivity contribution in [3.63, 3.8) is 0 Å². The summed E-state index contributed by atoms with van der Waals surface area (Å²) < 4.78 is 42.1. The van der Waals surface area contributed by atoms with Crippen molar-refractivity contribution >= 4 is 34.5 Å². The number of H-pyrrole nitrogens is 1. The molecule has 1 atom stereocenters. The normalized spacial score (nSPS) is 12.2. The van der Waals surface area contributed by atoms with E-state index in [1.165, 1.54) is 30.3 Å². The lowest BCUT2D eigenvalue weighted by Crippen LogP contribution is -2.28. The minimum atomic E-state index is -4.85. The molecule has 0 fully saturated rings. The van der Waals surface area contributed by atoms with E-state index < -0.39 is 24.0 Å². The molecule has 5 aromatic rings. The molecule has 0 radical (unpaired) electrons. The van der Waals surface area contributed by atoms with Crippen LogP contribution in [0.25, 0.3) is 33.5 Å². The number of rotatable bonds is 9. The van der Waals surface area contributed by atoms with Gasteiger partial charge in [-0.1, -0.05) is 61.3 Å². The Kier molecular flexibility index (Phi) is 8.40. The first-order valence-electron chi connectivity index (χ1n) is 13.3. The van der Waals surface area contributed by atoms with E-state index in [4.69, 9.17) is 11.6 Å². The molecule has 7 nitrogen and oxygen atoms in total. The van der Waals surface area contributed by atoms with E-state index in [-0.39, 0.29) is 34.1 Å². The maximum absolute atomic E-state index is 13.3. The van der Waals surface area contributed by atoms with Crippen molar-refractivity contribution < 1.29 is 32.6 Å². The van der Waals surface area contributed by atoms with E-state index in [9.17, 15) is 27.9 Å². The second-order valence-electron chi connectivity index (χ2n) is 9.79.